The van der Waals surface area contributed by atoms with Gasteiger partial charge in [-0.3, -0.25) is 0 Å². The predicted molar refractivity (Wildman–Crippen MR) is 92.7 cm³/mol. The van der Waals surface area contributed by atoms with E-state index in [1.165, 1.54) is 6.33 Å². The molecular formula is C16H15N4OS2+. The summed E-state index contributed by atoms with van der Waals surface area (Å²) in [5.41, 5.74) is 2.82. The summed E-state index contributed by atoms with van der Waals surface area (Å²) in [5.74, 6) is 2.19. The van der Waals surface area contributed by atoms with E-state index in [0.29, 0.717) is 6.54 Å². The quantitative estimate of drug-likeness (QED) is 0.680. The Balaban J connectivity index is 1.88. The molecule has 1 saturated heterocycles. The zero-order chi connectivity index (χ0) is 15.6. The number of nitrogens with zero attached hydrogens (tertiary/aromatic N) is 4. The van der Waals surface area contributed by atoms with Gasteiger partial charge in [-0.25, -0.2) is 19.3 Å². The van der Waals surface area contributed by atoms with Gasteiger partial charge in [-0.15, -0.1) is 23.5 Å². The Morgan fingerprint density at radius 2 is 2.00 bits per heavy atom. The molecule has 0 amide bonds. The third kappa shape index (κ3) is 2.86. The van der Waals surface area contributed by atoms with Crippen molar-refractivity contribution in [3.63, 3.8) is 0 Å². The van der Waals surface area contributed by atoms with E-state index in [1.54, 1.807) is 4.40 Å². The molecule has 0 atom stereocenters. The van der Waals surface area contributed by atoms with Crippen LogP contribution in [0.25, 0.3) is 5.65 Å². The molecule has 1 aliphatic rings. The van der Waals surface area contributed by atoms with Crippen LogP contribution in [-0.2, 0) is 6.54 Å². The number of hydrogen-bond acceptors (Lipinski definition) is 5. The van der Waals surface area contributed by atoms with Gasteiger partial charge in [0.1, 0.15) is 24.6 Å². The average Bonchev–Trinajstić information content (AvgIpc) is 3.13. The topological polar surface area (TPSA) is 51.1 Å². The van der Waals surface area contributed by atoms with Crippen molar-refractivity contribution >= 4 is 29.2 Å². The molecule has 116 valence electrons. The largest absolute Gasteiger partial charge is 0.347 e. The molecule has 0 bridgehead atoms. The van der Waals surface area contributed by atoms with E-state index >= 15 is 0 Å². The molecule has 1 aliphatic heterocycles. The number of thioether (sulfide) groups is 2. The van der Waals surface area contributed by atoms with Crippen molar-refractivity contribution in [3.8, 4) is 0 Å². The van der Waals surface area contributed by atoms with E-state index < -0.39 is 0 Å². The summed E-state index contributed by atoms with van der Waals surface area (Å²) >= 11 is 3.69. The van der Waals surface area contributed by atoms with Gasteiger partial charge in [0.15, 0.2) is 0 Å². The van der Waals surface area contributed by atoms with Gasteiger partial charge in [0.05, 0.1) is 10.8 Å². The van der Waals surface area contributed by atoms with Crippen LogP contribution in [0.1, 0.15) is 15.7 Å². The van der Waals surface area contributed by atoms with Gasteiger partial charge in [0.25, 0.3) is 5.65 Å². The number of fused-ring (bicyclic) bond motifs is 1. The van der Waals surface area contributed by atoms with Crippen LogP contribution in [0.5, 0.6) is 0 Å². The normalized spacial score (nSPS) is 15.3. The Morgan fingerprint density at radius 1 is 1.22 bits per heavy atom. The van der Waals surface area contributed by atoms with E-state index in [0.717, 1.165) is 28.3 Å². The second-order valence-corrected chi connectivity index (χ2v) is 7.99. The summed E-state index contributed by atoms with van der Waals surface area (Å²) in [6.45, 7) is 0.643. The first kappa shape index (κ1) is 14.7. The minimum absolute atomic E-state index is 0.0769. The lowest BCUT2D eigenvalue weighted by atomic mass is 10.3. The third-order valence-corrected chi connectivity index (χ3v) is 6.80. The average molecular weight is 343 g/mol. The standard InChI is InChI=1S/C16H15N4OS2/c21-15-13(16-22-5-6-23-16)10-19(9-12-7-17-11-18-8-12)14-3-1-2-4-20(14)15/h1-4,7-8,10-11,16H,5-6,9H2/q+1. The van der Waals surface area contributed by atoms with Crippen molar-refractivity contribution in [2.24, 2.45) is 0 Å². The molecule has 0 unspecified atom stereocenters. The second-order valence-electron chi connectivity index (χ2n) is 5.27. The Hall–Kier alpha value is -1.86. The SMILES string of the molecule is O=c1c(C2SCCS2)c[n+](Cc2cncnc2)c2ccccn12. The van der Waals surface area contributed by atoms with Gasteiger partial charge in [0, 0.05) is 35.5 Å². The minimum Gasteiger partial charge on any atom is -0.244 e. The molecule has 0 spiro atoms. The van der Waals surface area contributed by atoms with Crippen LogP contribution in [0.15, 0.2) is 54.1 Å². The predicted octanol–water partition coefficient (Wildman–Crippen LogP) is 1.90. The van der Waals surface area contributed by atoms with Crippen LogP contribution in [0.2, 0.25) is 0 Å². The van der Waals surface area contributed by atoms with Crippen LogP contribution < -0.4 is 10.1 Å². The van der Waals surface area contributed by atoms with Gasteiger partial charge in [-0.2, -0.15) is 4.40 Å². The van der Waals surface area contributed by atoms with E-state index in [4.69, 9.17) is 0 Å². The number of rotatable bonds is 3. The van der Waals surface area contributed by atoms with Gasteiger partial charge >= 0.3 is 5.56 Å². The minimum atomic E-state index is 0.0769. The Kier molecular flexibility index (Phi) is 4.05. The lowest BCUT2D eigenvalue weighted by Crippen LogP contribution is -2.41. The molecule has 0 aliphatic carbocycles. The lowest BCUT2D eigenvalue weighted by molar-refractivity contribution is -0.666. The van der Waals surface area contributed by atoms with Crippen molar-refractivity contribution in [2.45, 2.75) is 11.1 Å². The maximum absolute atomic E-state index is 12.8. The monoisotopic (exact) mass is 343 g/mol. The van der Waals surface area contributed by atoms with Crippen LogP contribution in [-0.4, -0.2) is 25.9 Å². The zero-order valence-electron chi connectivity index (χ0n) is 12.3. The van der Waals surface area contributed by atoms with Crippen LogP contribution in [0.3, 0.4) is 0 Å². The first-order valence-electron chi connectivity index (χ1n) is 7.34. The fourth-order valence-corrected chi connectivity index (χ4v) is 5.55. The molecule has 0 N–H and O–H groups in total. The van der Waals surface area contributed by atoms with E-state index in [-0.39, 0.29) is 10.1 Å². The molecule has 23 heavy (non-hydrogen) atoms. The zero-order valence-corrected chi connectivity index (χ0v) is 14.0. The van der Waals surface area contributed by atoms with E-state index in [2.05, 4.69) is 14.5 Å². The van der Waals surface area contributed by atoms with Crippen molar-refractivity contribution in [1.82, 2.24) is 14.4 Å². The molecule has 4 rings (SSSR count). The van der Waals surface area contributed by atoms with Gasteiger partial charge < -0.3 is 0 Å². The number of pyridine rings is 1. The molecule has 7 heteroatoms. The fourth-order valence-electron chi connectivity index (χ4n) is 2.70. The first-order valence-corrected chi connectivity index (χ1v) is 9.43. The van der Waals surface area contributed by atoms with Gasteiger partial charge in [-0.05, 0) is 6.07 Å². The Bertz CT molecular complexity index is 891. The Morgan fingerprint density at radius 3 is 2.78 bits per heavy atom. The summed E-state index contributed by atoms with van der Waals surface area (Å²) in [4.78, 5) is 21.0. The highest BCUT2D eigenvalue weighted by atomic mass is 32.2. The van der Waals surface area contributed by atoms with Crippen molar-refractivity contribution in [1.29, 1.82) is 0 Å². The number of hydrogen-bond donors (Lipinski definition) is 0. The summed E-state index contributed by atoms with van der Waals surface area (Å²) in [6, 6.07) is 5.80. The fraction of sp³-hybridized carbons (Fsp3) is 0.250. The highest BCUT2D eigenvalue weighted by Crippen LogP contribution is 2.43. The highest BCUT2D eigenvalue weighted by molar-refractivity contribution is 8.19. The van der Waals surface area contributed by atoms with Crippen molar-refractivity contribution in [2.75, 3.05) is 11.5 Å². The maximum atomic E-state index is 12.8. The Labute approximate surface area is 141 Å². The molecule has 0 radical (unpaired) electrons. The molecule has 4 heterocycles. The maximum Gasteiger partial charge on any atom is 0.347 e. The van der Waals surface area contributed by atoms with Crippen LogP contribution in [0.4, 0.5) is 0 Å². The van der Waals surface area contributed by atoms with Crippen LogP contribution in [0, 0.1) is 0 Å². The first-order chi connectivity index (χ1) is 11.3. The highest BCUT2D eigenvalue weighted by Gasteiger charge is 2.26. The van der Waals surface area contributed by atoms with E-state index in [1.807, 2.05) is 66.5 Å². The molecule has 0 saturated carbocycles. The summed E-state index contributed by atoms with van der Waals surface area (Å²) in [7, 11) is 0. The molecular weight excluding hydrogens is 328 g/mol. The van der Waals surface area contributed by atoms with Crippen LogP contribution >= 0.6 is 23.5 Å². The molecule has 3 aromatic rings. The number of aromatic nitrogens is 4. The molecule has 1 fully saturated rings. The summed E-state index contributed by atoms with van der Waals surface area (Å²) in [6.07, 6.45) is 8.98. The van der Waals surface area contributed by atoms with Gasteiger partial charge in [0.2, 0.25) is 0 Å². The lowest BCUT2D eigenvalue weighted by Gasteiger charge is -2.09. The second kappa shape index (κ2) is 6.33. The van der Waals surface area contributed by atoms with E-state index in [9.17, 15) is 4.79 Å². The van der Waals surface area contributed by atoms with Gasteiger partial charge in [-0.1, -0.05) is 6.07 Å². The summed E-state index contributed by atoms with van der Waals surface area (Å²) < 4.78 is 4.06. The molecule has 3 aromatic heterocycles. The third-order valence-electron chi connectivity index (χ3n) is 3.74. The molecule has 5 nitrogen and oxygen atoms in total. The molecule has 0 aromatic carbocycles. The van der Waals surface area contributed by atoms with Crippen molar-refractivity contribution < 1.29 is 4.57 Å². The summed E-state index contributed by atoms with van der Waals surface area (Å²) in [5, 5.41) is 0. The smallest absolute Gasteiger partial charge is 0.244 e. The van der Waals surface area contributed by atoms with Crippen molar-refractivity contribution in [3.05, 3.63) is 70.8 Å².